The van der Waals surface area contributed by atoms with E-state index in [1.807, 2.05) is 79.7 Å². The summed E-state index contributed by atoms with van der Waals surface area (Å²) >= 11 is 0. The molecule has 3 aromatic rings. The molecule has 3 aromatic carbocycles. The molecule has 5 nitrogen and oxygen atoms in total. The van der Waals surface area contributed by atoms with Gasteiger partial charge in [0.15, 0.2) is 17.1 Å². The minimum atomic E-state index is -3.96. The van der Waals surface area contributed by atoms with Gasteiger partial charge in [-0.3, -0.25) is 9.09 Å². The number of para-hydroxylation sites is 1. The molecule has 1 N–H and O–H groups in total. The summed E-state index contributed by atoms with van der Waals surface area (Å²) in [6.45, 7) is 1.85. The van der Waals surface area contributed by atoms with E-state index in [0.29, 0.717) is 34.6 Å². The molecule has 0 fully saturated rings. The number of benzene rings is 3. The third-order valence-corrected chi connectivity index (χ3v) is 6.50. The van der Waals surface area contributed by atoms with Gasteiger partial charge in [-0.2, -0.15) is 0 Å². The van der Waals surface area contributed by atoms with Gasteiger partial charge in [0.1, 0.15) is 0 Å². The second-order valence-corrected chi connectivity index (χ2v) is 8.81. The number of ether oxygens (including phenoxy) is 2. The Morgan fingerprint density at radius 3 is 1.87 bits per heavy atom. The predicted molar refractivity (Wildman–Crippen MR) is 118 cm³/mol. The Morgan fingerprint density at radius 1 is 0.833 bits per heavy atom. The Labute approximate surface area is 177 Å². The molecule has 1 atom stereocenters. The van der Waals surface area contributed by atoms with E-state index in [9.17, 15) is 9.46 Å². The van der Waals surface area contributed by atoms with E-state index in [-0.39, 0.29) is 6.16 Å². The summed E-state index contributed by atoms with van der Waals surface area (Å²) in [6, 6.07) is 24.3. The molecule has 0 aromatic heterocycles. The first-order valence-corrected chi connectivity index (χ1v) is 11.6. The van der Waals surface area contributed by atoms with Crippen molar-refractivity contribution < 1.29 is 23.5 Å². The molecule has 0 aliphatic rings. The topological polar surface area (TPSA) is 65.0 Å². The van der Waals surface area contributed by atoms with Crippen molar-refractivity contribution in [3.63, 3.8) is 0 Å². The van der Waals surface area contributed by atoms with Crippen molar-refractivity contribution >= 4 is 7.60 Å². The van der Waals surface area contributed by atoms with Crippen molar-refractivity contribution in [2.24, 2.45) is 0 Å². The fourth-order valence-corrected chi connectivity index (χ4v) is 5.08. The van der Waals surface area contributed by atoms with Crippen molar-refractivity contribution in [2.75, 3.05) is 20.4 Å². The van der Waals surface area contributed by atoms with Crippen LogP contribution in [-0.2, 0) is 14.7 Å². The summed E-state index contributed by atoms with van der Waals surface area (Å²) in [7, 11) is -0.854. The number of rotatable bonds is 9. The Bertz CT molecular complexity index is 965. The van der Waals surface area contributed by atoms with Crippen LogP contribution in [0.5, 0.6) is 11.5 Å². The number of hydrogen-bond acceptors (Lipinski definition) is 4. The zero-order valence-corrected chi connectivity index (χ0v) is 18.3. The lowest BCUT2D eigenvalue weighted by Gasteiger charge is -2.37. The summed E-state index contributed by atoms with van der Waals surface area (Å²) in [4.78, 5) is 10.8. The Kier molecular flexibility index (Phi) is 6.99. The second-order valence-electron chi connectivity index (χ2n) is 6.91. The zero-order valence-electron chi connectivity index (χ0n) is 17.4. The normalized spacial score (nSPS) is 13.5. The van der Waals surface area contributed by atoms with Crippen molar-refractivity contribution in [3.8, 4) is 11.5 Å². The van der Waals surface area contributed by atoms with Crippen LogP contribution < -0.4 is 9.47 Å². The van der Waals surface area contributed by atoms with Gasteiger partial charge in [0, 0.05) is 11.7 Å². The molecule has 1 unspecified atom stereocenters. The van der Waals surface area contributed by atoms with Crippen LogP contribution in [0.1, 0.15) is 30.0 Å². The molecule has 6 heteroatoms. The van der Waals surface area contributed by atoms with Crippen molar-refractivity contribution in [1.29, 1.82) is 0 Å². The maximum atomic E-state index is 13.2. The minimum Gasteiger partial charge on any atom is -0.493 e. The van der Waals surface area contributed by atoms with E-state index in [2.05, 4.69) is 0 Å². The standard InChI is InChI=1S/C24H27O5P/c1-4-18-30(25,26)29-24(19-12-7-5-8-13-19,20-14-9-6-10-15-20)21-16-11-17-22(27-2)23(21)28-3/h5-17H,4,18H2,1-3H3,(H,25,26). The first kappa shape index (κ1) is 22.1. The van der Waals surface area contributed by atoms with Crippen LogP contribution in [0.3, 0.4) is 0 Å². The Balaban J connectivity index is 2.42. The molecular weight excluding hydrogens is 399 g/mol. The third-order valence-electron chi connectivity index (χ3n) is 4.93. The fourth-order valence-electron chi connectivity index (χ4n) is 3.68. The molecule has 0 saturated heterocycles. The molecule has 0 aliphatic heterocycles. The highest BCUT2D eigenvalue weighted by Crippen LogP contribution is 2.57. The number of methoxy groups -OCH3 is 2. The van der Waals surface area contributed by atoms with Gasteiger partial charge >= 0.3 is 7.60 Å². The van der Waals surface area contributed by atoms with Gasteiger partial charge in [0.25, 0.3) is 0 Å². The average Bonchev–Trinajstić information content (AvgIpc) is 2.78. The molecule has 0 heterocycles. The summed E-state index contributed by atoms with van der Waals surface area (Å²) < 4.78 is 30.6. The van der Waals surface area contributed by atoms with Crippen molar-refractivity contribution in [3.05, 3.63) is 95.6 Å². The van der Waals surface area contributed by atoms with Crippen LogP contribution >= 0.6 is 7.60 Å². The van der Waals surface area contributed by atoms with Gasteiger partial charge in [-0.25, -0.2) is 0 Å². The summed E-state index contributed by atoms with van der Waals surface area (Å²) in [5, 5.41) is 0. The molecule has 0 aliphatic carbocycles. The number of hydrogen-bond donors (Lipinski definition) is 1. The second kappa shape index (κ2) is 9.48. The van der Waals surface area contributed by atoms with E-state index in [1.54, 1.807) is 20.3 Å². The predicted octanol–water partition coefficient (Wildman–Crippen LogP) is 5.61. The van der Waals surface area contributed by atoms with Crippen LogP contribution in [0.25, 0.3) is 0 Å². The average molecular weight is 426 g/mol. The van der Waals surface area contributed by atoms with E-state index >= 15 is 0 Å². The smallest absolute Gasteiger partial charge is 0.329 e. The highest BCUT2D eigenvalue weighted by molar-refractivity contribution is 7.52. The quantitative estimate of drug-likeness (QED) is 0.356. The van der Waals surface area contributed by atoms with E-state index < -0.39 is 13.2 Å². The van der Waals surface area contributed by atoms with Gasteiger partial charge in [-0.15, -0.1) is 0 Å². The van der Waals surface area contributed by atoms with Crippen LogP contribution in [0, 0.1) is 0 Å². The molecule has 0 spiro atoms. The Hall–Kier alpha value is -2.59. The first-order valence-electron chi connectivity index (χ1n) is 9.83. The fraction of sp³-hybridized carbons (Fsp3) is 0.250. The van der Waals surface area contributed by atoms with E-state index in [0.717, 1.165) is 0 Å². The van der Waals surface area contributed by atoms with Gasteiger partial charge in [0.2, 0.25) is 0 Å². The summed E-state index contributed by atoms with van der Waals surface area (Å²) in [5.74, 6) is 0.960. The van der Waals surface area contributed by atoms with Crippen LogP contribution in [0.15, 0.2) is 78.9 Å². The highest BCUT2D eigenvalue weighted by atomic mass is 31.2. The SMILES string of the molecule is CCCP(=O)(O)OC(c1ccccc1)(c1ccccc1)c1cccc(OC)c1OC. The van der Waals surface area contributed by atoms with Gasteiger partial charge in [-0.05, 0) is 23.6 Å². The summed E-state index contributed by atoms with van der Waals surface area (Å²) in [5.41, 5.74) is 0.648. The lowest BCUT2D eigenvalue weighted by atomic mass is 9.80. The maximum absolute atomic E-state index is 13.2. The van der Waals surface area contributed by atoms with Gasteiger partial charge in [0.05, 0.1) is 14.2 Å². The van der Waals surface area contributed by atoms with Gasteiger partial charge in [-0.1, -0.05) is 79.7 Å². The molecule has 0 radical (unpaired) electrons. The van der Waals surface area contributed by atoms with Crippen molar-refractivity contribution in [1.82, 2.24) is 0 Å². The van der Waals surface area contributed by atoms with Crippen LogP contribution in [-0.4, -0.2) is 25.3 Å². The molecule has 0 bridgehead atoms. The molecule has 0 amide bonds. The van der Waals surface area contributed by atoms with Gasteiger partial charge < -0.3 is 14.4 Å². The lowest BCUT2D eigenvalue weighted by Crippen LogP contribution is -2.33. The molecule has 30 heavy (non-hydrogen) atoms. The molecular formula is C24H27O5P. The monoisotopic (exact) mass is 426 g/mol. The first-order chi connectivity index (χ1) is 14.5. The van der Waals surface area contributed by atoms with E-state index in [1.165, 1.54) is 0 Å². The third kappa shape index (κ3) is 4.29. The lowest BCUT2D eigenvalue weighted by molar-refractivity contribution is 0.128. The van der Waals surface area contributed by atoms with Crippen LogP contribution in [0.2, 0.25) is 0 Å². The molecule has 158 valence electrons. The van der Waals surface area contributed by atoms with E-state index in [4.69, 9.17) is 14.0 Å². The minimum absolute atomic E-state index is 0.0424. The largest absolute Gasteiger partial charge is 0.493 e. The van der Waals surface area contributed by atoms with Crippen molar-refractivity contribution in [2.45, 2.75) is 18.9 Å². The zero-order chi connectivity index (χ0) is 21.6. The highest BCUT2D eigenvalue weighted by Gasteiger charge is 2.45. The van der Waals surface area contributed by atoms with Crippen LogP contribution in [0.4, 0.5) is 0 Å². The summed E-state index contributed by atoms with van der Waals surface area (Å²) in [6.07, 6.45) is 0.559. The Morgan fingerprint density at radius 2 is 1.40 bits per heavy atom. The maximum Gasteiger partial charge on any atom is 0.329 e. The molecule has 3 rings (SSSR count). The molecule has 0 saturated carbocycles.